The van der Waals surface area contributed by atoms with Crippen molar-refractivity contribution >= 4 is 28.9 Å². The van der Waals surface area contributed by atoms with Crippen LogP contribution in [0, 0.1) is 6.92 Å². The maximum atomic E-state index is 13.3. The fourth-order valence-corrected chi connectivity index (χ4v) is 5.05. The van der Waals surface area contributed by atoms with E-state index in [1.165, 1.54) is 17.0 Å². The number of ether oxygens (including phenoxy) is 3. The standard InChI is InChI=1S/C29H34N4O6/c1-18-21(17-26-28(35)27-24(34)15-20(16-25(27)39-26)38-29(36)30(2)3)22-14-19(37-5)6-7-23(22)33(18)13-12-32-10-8-31(4)9-11-32/h6-7,14-17,34H,8-13H2,1-5H3. The van der Waals surface area contributed by atoms with Gasteiger partial charge in [0.05, 0.1) is 7.11 Å². The zero-order chi connectivity index (χ0) is 27.8. The number of rotatable bonds is 6. The molecule has 1 N–H and O–H groups in total. The average Bonchev–Trinajstić information content (AvgIpc) is 3.36. The van der Waals surface area contributed by atoms with Gasteiger partial charge in [0.1, 0.15) is 28.6 Å². The van der Waals surface area contributed by atoms with Crippen molar-refractivity contribution in [2.75, 3.05) is 61.0 Å². The molecule has 1 fully saturated rings. The van der Waals surface area contributed by atoms with Crippen LogP contribution in [0.2, 0.25) is 0 Å². The minimum atomic E-state index is -0.608. The van der Waals surface area contributed by atoms with Crippen molar-refractivity contribution in [1.82, 2.24) is 19.3 Å². The summed E-state index contributed by atoms with van der Waals surface area (Å²) in [7, 11) is 6.88. The number of hydrogen-bond acceptors (Lipinski definition) is 8. The molecule has 3 aromatic rings. The summed E-state index contributed by atoms with van der Waals surface area (Å²) in [5, 5.41) is 11.5. The summed E-state index contributed by atoms with van der Waals surface area (Å²) < 4.78 is 18.9. The van der Waals surface area contributed by atoms with E-state index in [9.17, 15) is 14.7 Å². The number of aromatic hydroxyl groups is 1. The SMILES string of the molecule is COc1ccc2c(c1)c(C=C1Oc3cc(OC(=O)N(C)C)cc(O)c3C1=O)c(C)n2CCN1CCN(C)CC1. The molecule has 10 nitrogen and oxygen atoms in total. The van der Waals surface area contributed by atoms with Gasteiger partial charge in [-0.05, 0) is 38.2 Å². The molecule has 1 aromatic heterocycles. The molecule has 0 unspecified atom stereocenters. The Balaban J connectivity index is 1.48. The maximum Gasteiger partial charge on any atom is 0.414 e. The number of ketones is 1. The third-order valence-electron chi connectivity index (χ3n) is 7.39. The number of carbonyl (C=O) groups excluding carboxylic acids is 2. The van der Waals surface area contributed by atoms with E-state index in [4.69, 9.17) is 14.2 Å². The summed E-state index contributed by atoms with van der Waals surface area (Å²) in [6.07, 6.45) is 1.11. The topological polar surface area (TPSA) is 96.7 Å². The van der Waals surface area contributed by atoms with E-state index in [2.05, 4.69) is 21.4 Å². The van der Waals surface area contributed by atoms with Gasteiger partial charge in [0.15, 0.2) is 5.76 Å². The van der Waals surface area contributed by atoms with E-state index in [1.54, 1.807) is 27.3 Å². The van der Waals surface area contributed by atoms with Gasteiger partial charge in [-0.1, -0.05) is 0 Å². The van der Waals surface area contributed by atoms with Crippen LogP contribution < -0.4 is 14.2 Å². The lowest BCUT2D eigenvalue weighted by Crippen LogP contribution is -2.45. The number of hydrogen-bond donors (Lipinski definition) is 1. The number of methoxy groups -OCH3 is 1. The summed E-state index contributed by atoms with van der Waals surface area (Å²) >= 11 is 0. The lowest BCUT2D eigenvalue weighted by molar-refractivity contribution is 0.101. The van der Waals surface area contributed by atoms with Crippen molar-refractivity contribution in [2.24, 2.45) is 0 Å². The Hall–Kier alpha value is -4.02. The van der Waals surface area contributed by atoms with Crippen LogP contribution in [-0.2, 0) is 6.54 Å². The molecule has 0 saturated carbocycles. The molecule has 0 atom stereocenters. The van der Waals surface area contributed by atoms with Gasteiger partial charge >= 0.3 is 6.09 Å². The molecule has 5 rings (SSSR count). The Kier molecular flexibility index (Phi) is 7.24. The molecule has 0 bridgehead atoms. The van der Waals surface area contributed by atoms with Crippen molar-refractivity contribution in [1.29, 1.82) is 0 Å². The number of piperazine rings is 1. The summed E-state index contributed by atoms with van der Waals surface area (Å²) in [6.45, 7) is 7.95. The zero-order valence-corrected chi connectivity index (χ0v) is 23.0. The molecule has 39 heavy (non-hydrogen) atoms. The quantitative estimate of drug-likeness (QED) is 0.480. The number of aromatic nitrogens is 1. The first-order chi connectivity index (χ1) is 18.7. The van der Waals surface area contributed by atoms with Crippen LogP contribution >= 0.6 is 0 Å². The van der Waals surface area contributed by atoms with Crippen molar-refractivity contribution in [3.63, 3.8) is 0 Å². The number of likely N-dealkylation sites (N-methyl/N-ethyl adjacent to an activating group) is 1. The third-order valence-corrected chi connectivity index (χ3v) is 7.39. The van der Waals surface area contributed by atoms with E-state index < -0.39 is 11.9 Å². The molecule has 1 amide bonds. The van der Waals surface area contributed by atoms with Gasteiger partial charge in [0, 0.05) is 87.7 Å². The van der Waals surface area contributed by atoms with Crippen molar-refractivity contribution in [3.05, 3.63) is 52.9 Å². The highest BCUT2D eigenvalue weighted by Crippen LogP contribution is 2.42. The minimum absolute atomic E-state index is 0.0416. The normalized spacial score (nSPS) is 16.9. The monoisotopic (exact) mass is 534 g/mol. The van der Waals surface area contributed by atoms with Gasteiger partial charge in [-0.3, -0.25) is 9.69 Å². The van der Waals surface area contributed by atoms with Crippen LogP contribution in [0.3, 0.4) is 0 Å². The van der Waals surface area contributed by atoms with Gasteiger partial charge in [-0.15, -0.1) is 0 Å². The number of nitrogens with zero attached hydrogens (tertiary/aromatic N) is 4. The molecular formula is C29H34N4O6. The Morgan fingerprint density at radius 3 is 2.54 bits per heavy atom. The summed E-state index contributed by atoms with van der Waals surface area (Å²) in [4.78, 5) is 31.3. The predicted molar refractivity (Wildman–Crippen MR) is 148 cm³/mol. The Morgan fingerprint density at radius 2 is 1.85 bits per heavy atom. The number of allylic oxidation sites excluding steroid dienone is 1. The number of amides is 1. The lowest BCUT2D eigenvalue weighted by Gasteiger charge is -2.32. The van der Waals surface area contributed by atoms with Gasteiger partial charge in [-0.2, -0.15) is 0 Å². The van der Waals surface area contributed by atoms with E-state index >= 15 is 0 Å². The molecule has 0 radical (unpaired) electrons. The molecule has 0 aliphatic carbocycles. The number of carbonyl (C=O) groups is 2. The van der Waals surface area contributed by atoms with Crippen molar-refractivity contribution in [2.45, 2.75) is 13.5 Å². The zero-order valence-electron chi connectivity index (χ0n) is 23.0. The van der Waals surface area contributed by atoms with Gasteiger partial charge in [-0.25, -0.2) is 4.79 Å². The van der Waals surface area contributed by atoms with Crippen molar-refractivity contribution < 1.29 is 28.9 Å². The van der Waals surface area contributed by atoms with Gasteiger partial charge in [0.2, 0.25) is 5.78 Å². The number of benzene rings is 2. The molecule has 206 valence electrons. The highest BCUT2D eigenvalue weighted by atomic mass is 16.6. The third kappa shape index (κ3) is 5.17. The molecule has 2 aromatic carbocycles. The Labute approximate surface area is 227 Å². The Bertz CT molecular complexity index is 1470. The molecule has 10 heteroatoms. The Morgan fingerprint density at radius 1 is 1.10 bits per heavy atom. The van der Waals surface area contributed by atoms with E-state index in [0.717, 1.165) is 61.4 Å². The van der Waals surface area contributed by atoms with Gasteiger partial charge < -0.3 is 33.7 Å². The second-order valence-corrected chi connectivity index (χ2v) is 10.2. The maximum absolute atomic E-state index is 13.3. The largest absolute Gasteiger partial charge is 0.507 e. The minimum Gasteiger partial charge on any atom is -0.507 e. The van der Waals surface area contributed by atoms with Crippen LogP contribution in [0.5, 0.6) is 23.0 Å². The van der Waals surface area contributed by atoms with Crippen LogP contribution in [0.15, 0.2) is 36.1 Å². The molecule has 0 spiro atoms. The van der Waals surface area contributed by atoms with E-state index in [-0.39, 0.29) is 28.6 Å². The smallest absolute Gasteiger partial charge is 0.414 e. The van der Waals surface area contributed by atoms with Crippen LogP contribution in [-0.4, -0.2) is 97.2 Å². The lowest BCUT2D eigenvalue weighted by atomic mass is 10.1. The average molecular weight is 535 g/mol. The summed E-state index contributed by atoms with van der Waals surface area (Å²) in [5.74, 6) is 0.275. The van der Waals surface area contributed by atoms with E-state index in [0.29, 0.717) is 5.75 Å². The van der Waals surface area contributed by atoms with E-state index in [1.807, 2.05) is 25.1 Å². The molecule has 2 aliphatic heterocycles. The fraction of sp³-hybridized carbons (Fsp3) is 0.379. The highest BCUT2D eigenvalue weighted by Gasteiger charge is 2.32. The molecule has 1 saturated heterocycles. The van der Waals surface area contributed by atoms with Crippen molar-refractivity contribution in [3.8, 4) is 23.0 Å². The number of phenols is 1. The second kappa shape index (κ2) is 10.6. The number of Topliss-reactive ketones (excluding diaryl/α,β-unsaturated/α-hetero) is 1. The second-order valence-electron chi connectivity index (χ2n) is 10.2. The molecule has 3 heterocycles. The van der Waals surface area contributed by atoms with Gasteiger partial charge in [0.25, 0.3) is 0 Å². The van der Waals surface area contributed by atoms with Crippen LogP contribution in [0.25, 0.3) is 17.0 Å². The first-order valence-corrected chi connectivity index (χ1v) is 12.9. The summed E-state index contributed by atoms with van der Waals surface area (Å²) in [5.41, 5.74) is 2.92. The predicted octanol–water partition coefficient (Wildman–Crippen LogP) is 3.59. The molecule has 2 aliphatic rings. The number of fused-ring (bicyclic) bond motifs is 2. The first-order valence-electron chi connectivity index (χ1n) is 12.9. The number of phenolic OH excluding ortho intramolecular Hbond substituents is 1. The first kappa shape index (κ1) is 26.6. The van der Waals surface area contributed by atoms with Crippen LogP contribution in [0.4, 0.5) is 4.79 Å². The fourth-order valence-electron chi connectivity index (χ4n) is 5.05. The highest BCUT2D eigenvalue weighted by molar-refractivity contribution is 6.17. The molecular weight excluding hydrogens is 500 g/mol. The van der Waals surface area contributed by atoms with Crippen LogP contribution in [0.1, 0.15) is 21.6 Å². The summed E-state index contributed by atoms with van der Waals surface area (Å²) in [6, 6.07) is 8.61.